The second-order valence-corrected chi connectivity index (χ2v) is 4.92. The summed E-state index contributed by atoms with van der Waals surface area (Å²) in [6.45, 7) is 2.05. The number of nitrogens with zero attached hydrogens (tertiary/aromatic N) is 1. The van der Waals surface area contributed by atoms with E-state index in [0.717, 1.165) is 16.9 Å². The maximum Gasteiger partial charge on any atom is 0.251 e. The first-order chi connectivity index (χ1) is 8.70. The molecule has 0 aliphatic heterocycles. The van der Waals surface area contributed by atoms with Gasteiger partial charge in [-0.1, -0.05) is 36.9 Å². The predicted octanol–water partition coefficient (Wildman–Crippen LogP) is 2.33. The van der Waals surface area contributed by atoms with Gasteiger partial charge in [0.1, 0.15) is 0 Å². The average molecular weight is 261 g/mol. The molecule has 2 rings (SSSR count). The Bertz CT molecular complexity index is 582. The van der Waals surface area contributed by atoms with Gasteiger partial charge >= 0.3 is 0 Å². The van der Waals surface area contributed by atoms with Crippen molar-refractivity contribution in [2.24, 2.45) is 5.73 Å². The predicted molar refractivity (Wildman–Crippen MR) is 72.6 cm³/mol. The molecule has 1 aromatic heterocycles. The zero-order valence-electron chi connectivity index (χ0n) is 10.1. The van der Waals surface area contributed by atoms with Gasteiger partial charge in [0.15, 0.2) is 5.16 Å². The molecule has 1 aromatic carbocycles. The van der Waals surface area contributed by atoms with Crippen molar-refractivity contribution in [3.8, 4) is 0 Å². The highest BCUT2D eigenvalue weighted by atomic mass is 32.2. The molecule has 0 aliphatic rings. The summed E-state index contributed by atoms with van der Waals surface area (Å²) in [5, 5.41) is 0.582. The van der Waals surface area contributed by atoms with E-state index in [-0.39, 0.29) is 11.6 Å². The Morgan fingerprint density at radius 1 is 1.39 bits per heavy atom. The van der Waals surface area contributed by atoms with Gasteiger partial charge < -0.3 is 10.7 Å². The minimum atomic E-state index is -0.148. The monoisotopic (exact) mass is 261 g/mol. The van der Waals surface area contributed by atoms with Crippen LogP contribution in [0.3, 0.4) is 0 Å². The van der Waals surface area contributed by atoms with Crippen molar-refractivity contribution in [1.29, 1.82) is 0 Å². The normalized spacial score (nSPS) is 12.3. The summed E-state index contributed by atoms with van der Waals surface area (Å²) in [4.78, 5) is 19.1. The molecular formula is C13H15N3OS. The van der Waals surface area contributed by atoms with Gasteiger partial charge in [0, 0.05) is 23.2 Å². The molecule has 0 radical (unpaired) electrons. The van der Waals surface area contributed by atoms with Gasteiger partial charge in [-0.15, -0.1) is 0 Å². The fraction of sp³-hybridized carbons (Fsp3) is 0.231. The molecule has 1 atom stereocenters. The first-order valence-corrected chi connectivity index (χ1v) is 6.60. The molecule has 0 saturated carbocycles. The molecule has 4 nitrogen and oxygen atoms in total. The highest BCUT2D eigenvalue weighted by molar-refractivity contribution is 7.99. The zero-order valence-corrected chi connectivity index (χ0v) is 10.9. The molecule has 1 heterocycles. The van der Waals surface area contributed by atoms with Crippen molar-refractivity contribution in [2.45, 2.75) is 29.4 Å². The first-order valence-electron chi connectivity index (χ1n) is 5.78. The summed E-state index contributed by atoms with van der Waals surface area (Å²) in [5.74, 6) is 0. The number of aromatic amines is 1. The van der Waals surface area contributed by atoms with Crippen LogP contribution in [0.2, 0.25) is 0 Å². The molecule has 0 saturated heterocycles. The maximum atomic E-state index is 11.2. The zero-order chi connectivity index (χ0) is 13.0. The third-order valence-electron chi connectivity index (χ3n) is 2.61. The van der Waals surface area contributed by atoms with Crippen LogP contribution in [-0.2, 0) is 0 Å². The van der Waals surface area contributed by atoms with E-state index in [2.05, 4.69) is 16.9 Å². The molecule has 0 spiro atoms. The van der Waals surface area contributed by atoms with Crippen LogP contribution in [0.1, 0.15) is 24.9 Å². The molecule has 0 aliphatic carbocycles. The summed E-state index contributed by atoms with van der Waals surface area (Å²) in [6.07, 6.45) is 2.37. The first kappa shape index (κ1) is 12.9. The van der Waals surface area contributed by atoms with Crippen molar-refractivity contribution in [3.05, 3.63) is 52.4 Å². The van der Waals surface area contributed by atoms with Crippen molar-refractivity contribution < 1.29 is 0 Å². The minimum absolute atomic E-state index is 0.00383. The lowest BCUT2D eigenvalue weighted by molar-refractivity contribution is 0.685. The molecule has 94 valence electrons. The number of hydrogen-bond donors (Lipinski definition) is 2. The molecule has 0 fully saturated rings. The van der Waals surface area contributed by atoms with Gasteiger partial charge in [0.05, 0.1) is 0 Å². The summed E-state index contributed by atoms with van der Waals surface area (Å²) in [5.41, 5.74) is 7.00. The summed E-state index contributed by atoms with van der Waals surface area (Å²) in [6, 6.07) is 9.32. The Balaban J connectivity index is 2.31. The Labute approximate surface area is 110 Å². The molecule has 0 unspecified atom stereocenters. The van der Waals surface area contributed by atoms with Crippen LogP contribution in [0, 0.1) is 0 Å². The Morgan fingerprint density at radius 2 is 2.17 bits per heavy atom. The topological polar surface area (TPSA) is 71.8 Å². The van der Waals surface area contributed by atoms with E-state index in [4.69, 9.17) is 5.73 Å². The highest BCUT2D eigenvalue weighted by Gasteiger charge is 2.10. The number of H-pyrrole nitrogens is 1. The lowest BCUT2D eigenvalue weighted by Gasteiger charge is -2.13. The lowest BCUT2D eigenvalue weighted by atomic mass is 10.1. The summed E-state index contributed by atoms with van der Waals surface area (Å²) < 4.78 is 0. The van der Waals surface area contributed by atoms with Crippen LogP contribution in [0.5, 0.6) is 0 Å². The van der Waals surface area contributed by atoms with Gasteiger partial charge in [0.25, 0.3) is 5.56 Å². The smallest absolute Gasteiger partial charge is 0.251 e. The van der Waals surface area contributed by atoms with Crippen LogP contribution in [0.15, 0.2) is 51.4 Å². The Morgan fingerprint density at radius 3 is 2.89 bits per heavy atom. The van der Waals surface area contributed by atoms with Crippen LogP contribution < -0.4 is 11.3 Å². The minimum Gasteiger partial charge on any atom is -0.324 e. The summed E-state index contributed by atoms with van der Waals surface area (Å²) in [7, 11) is 0. The van der Waals surface area contributed by atoms with Crippen LogP contribution in [-0.4, -0.2) is 9.97 Å². The molecule has 0 amide bonds. The number of aromatic nitrogens is 2. The Kier molecular flexibility index (Phi) is 4.17. The van der Waals surface area contributed by atoms with Crippen molar-refractivity contribution >= 4 is 11.8 Å². The number of hydrogen-bond acceptors (Lipinski definition) is 4. The van der Waals surface area contributed by atoms with E-state index in [1.165, 1.54) is 24.0 Å². The Hall–Kier alpha value is -1.59. The maximum absolute atomic E-state index is 11.2. The third-order valence-corrected chi connectivity index (χ3v) is 3.61. The number of benzene rings is 1. The van der Waals surface area contributed by atoms with E-state index >= 15 is 0 Å². The number of nitrogens with two attached hydrogens (primary N) is 1. The van der Waals surface area contributed by atoms with E-state index < -0.39 is 0 Å². The summed E-state index contributed by atoms with van der Waals surface area (Å²) >= 11 is 1.43. The van der Waals surface area contributed by atoms with Gasteiger partial charge in [-0.25, -0.2) is 4.98 Å². The standard InChI is InChI=1S/C13H15N3OS/c1-2-10(14)9-5-3-4-6-11(9)18-13-15-8-7-12(17)16-13/h3-8,10H,2,14H2,1H3,(H,15,16,17)/t10-/m0/s1. The lowest BCUT2D eigenvalue weighted by Crippen LogP contribution is -2.10. The highest BCUT2D eigenvalue weighted by Crippen LogP contribution is 2.30. The SMILES string of the molecule is CC[C@H](N)c1ccccc1Sc1nccc(=O)[nH]1. The van der Waals surface area contributed by atoms with Gasteiger partial charge in [-0.2, -0.15) is 0 Å². The fourth-order valence-corrected chi connectivity index (χ4v) is 2.57. The number of rotatable bonds is 4. The molecular weight excluding hydrogens is 246 g/mol. The van der Waals surface area contributed by atoms with E-state index in [1.807, 2.05) is 24.3 Å². The second-order valence-electron chi connectivity index (χ2n) is 3.89. The molecule has 18 heavy (non-hydrogen) atoms. The molecule has 3 N–H and O–H groups in total. The quantitative estimate of drug-likeness (QED) is 0.829. The van der Waals surface area contributed by atoms with Gasteiger partial charge in [0.2, 0.25) is 0 Å². The average Bonchev–Trinajstić information content (AvgIpc) is 2.38. The molecule has 2 aromatic rings. The molecule has 5 heteroatoms. The third kappa shape index (κ3) is 3.00. The molecule has 0 bridgehead atoms. The van der Waals surface area contributed by atoms with E-state index in [9.17, 15) is 4.79 Å². The van der Waals surface area contributed by atoms with Crippen LogP contribution in [0.4, 0.5) is 0 Å². The van der Waals surface area contributed by atoms with Crippen LogP contribution >= 0.6 is 11.8 Å². The van der Waals surface area contributed by atoms with Crippen molar-refractivity contribution in [3.63, 3.8) is 0 Å². The van der Waals surface area contributed by atoms with Gasteiger partial charge in [-0.3, -0.25) is 4.79 Å². The van der Waals surface area contributed by atoms with Crippen LogP contribution in [0.25, 0.3) is 0 Å². The van der Waals surface area contributed by atoms with E-state index in [1.54, 1.807) is 0 Å². The fourth-order valence-electron chi connectivity index (χ4n) is 1.61. The largest absolute Gasteiger partial charge is 0.324 e. The number of nitrogens with one attached hydrogen (secondary N) is 1. The second kappa shape index (κ2) is 5.84. The van der Waals surface area contributed by atoms with Crippen molar-refractivity contribution in [1.82, 2.24) is 9.97 Å². The van der Waals surface area contributed by atoms with Crippen molar-refractivity contribution in [2.75, 3.05) is 0 Å². The van der Waals surface area contributed by atoms with E-state index in [0.29, 0.717) is 5.16 Å². The van der Waals surface area contributed by atoms with Gasteiger partial charge in [-0.05, 0) is 18.1 Å².